The van der Waals surface area contributed by atoms with Gasteiger partial charge in [0.2, 0.25) is 0 Å². The Morgan fingerprint density at radius 2 is 1.96 bits per heavy atom. The maximum absolute atomic E-state index is 12.2. The minimum absolute atomic E-state index is 0.123. The summed E-state index contributed by atoms with van der Waals surface area (Å²) in [6.07, 6.45) is 0.815. The van der Waals surface area contributed by atoms with Gasteiger partial charge in [-0.25, -0.2) is 19.6 Å². The molecule has 1 aromatic carbocycles. The second-order valence-corrected chi connectivity index (χ2v) is 6.53. The van der Waals surface area contributed by atoms with Gasteiger partial charge in [0.1, 0.15) is 18.0 Å². The lowest BCUT2D eigenvalue weighted by Crippen LogP contribution is -2.45. The second-order valence-electron chi connectivity index (χ2n) is 6.31. The van der Waals surface area contributed by atoms with Crippen molar-refractivity contribution in [2.75, 3.05) is 6.07 Å². The maximum Gasteiger partial charge on any atom is 0.408 e. The maximum atomic E-state index is 12.2. The number of benzene rings is 1. The van der Waals surface area contributed by atoms with E-state index in [2.05, 4.69) is 15.3 Å². The molecule has 7 nitrogen and oxygen atoms in total. The number of ether oxygens (including phenoxy) is 2. The molecule has 2 aromatic rings. The quantitative estimate of drug-likeness (QED) is 0.647. The largest absolute Gasteiger partial charge is 0.448 e. The van der Waals surface area contributed by atoms with Gasteiger partial charge < -0.3 is 14.8 Å². The Kier molecular flexibility index (Phi) is 6.14. The molecule has 25 heavy (non-hydrogen) atoms. The van der Waals surface area contributed by atoms with Gasteiger partial charge in [-0.2, -0.15) is 0 Å². The van der Waals surface area contributed by atoms with Crippen LogP contribution in [0.25, 0.3) is 10.9 Å². The lowest BCUT2D eigenvalue weighted by atomic mass is 10.1. The van der Waals surface area contributed by atoms with Crippen molar-refractivity contribution in [1.82, 2.24) is 15.3 Å². The summed E-state index contributed by atoms with van der Waals surface area (Å²) in [5.74, 6) is -0.663. The van der Waals surface area contributed by atoms with Crippen molar-refractivity contribution in [3.8, 4) is 0 Å². The van der Waals surface area contributed by atoms with Crippen molar-refractivity contribution >= 4 is 34.6 Å². The molecule has 0 aliphatic carbocycles. The van der Waals surface area contributed by atoms with Crippen LogP contribution in [0.3, 0.4) is 0 Å². The molecule has 1 atom stereocenters. The first-order valence-electron chi connectivity index (χ1n) is 7.71. The zero-order valence-electron chi connectivity index (χ0n) is 14.3. The summed E-state index contributed by atoms with van der Waals surface area (Å²) in [7, 11) is 0. The van der Waals surface area contributed by atoms with Gasteiger partial charge in [0.15, 0.2) is 6.07 Å². The van der Waals surface area contributed by atoms with Crippen molar-refractivity contribution in [3.63, 3.8) is 0 Å². The van der Waals surface area contributed by atoms with Crippen LogP contribution in [0.1, 0.15) is 26.5 Å². The van der Waals surface area contributed by atoms with Gasteiger partial charge in [-0.1, -0.05) is 29.8 Å². The van der Waals surface area contributed by atoms with Crippen LogP contribution in [-0.4, -0.2) is 39.7 Å². The summed E-state index contributed by atoms with van der Waals surface area (Å²) in [6, 6.07) is 6.11. The van der Waals surface area contributed by atoms with E-state index in [-0.39, 0.29) is 12.5 Å². The summed E-state index contributed by atoms with van der Waals surface area (Å²) in [4.78, 5) is 32.6. The Labute approximate surface area is 150 Å². The van der Waals surface area contributed by atoms with E-state index < -0.39 is 23.7 Å². The highest BCUT2D eigenvalue weighted by atomic mass is 35.5. The summed E-state index contributed by atoms with van der Waals surface area (Å²) >= 11 is 5.47. The smallest absolute Gasteiger partial charge is 0.408 e. The fourth-order valence-electron chi connectivity index (χ4n) is 2.21. The number of hydrogen-bond donors (Lipinski definition) is 1. The van der Waals surface area contributed by atoms with E-state index in [0.29, 0.717) is 5.69 Å². The number of halogens is 1. The molecule has 0 radical (unpaired) electrons. The fourth-order valence-corrected chi connectivity index (χ4v) is 2.32. The number of nitrogens with one attached hydrogen (secondary N) is 1. The lowest BCUT2D eigenvalue weighted by molar-refractivity contribution is -0.144. The standard InChI is InChI=1S/C17H20ClN3O4/c1-17(2,3)25-16(23)21-14(15(22)24-9-18)8-13-11-6-4-5-7-12(11)19-10-20-13/h4-7,10,14H,8-9H2,1-3H3,(H,21,23)/t14-/m1/s1. The third kappa shape index (κ3) is 5.56. The number of amides is 1. The molecule has 1 aromatic heterocycles. The first-order chi connectivity index (χ1) is 11.8. The van der Waals surface area contributed by atoms with Crippen LogP contribution in [0.4, 0.5) is 4.79 Å². The molecule has 0 aliphatic rings. The first-order valence-corrected chi connectivity index (χ1v) is 8.24. The van der Waals surface area contributed by atoms with Gasteiger partial charge in [0.05, 0.1) is 11.2 Å². The molecule has 0 saturated heterocycles. The van der Waals surface area contributed by atoms with E-state index in [1.807, 2.05) is 24.3 Å². The number of rotatable bonds is 5. The van der Waals surface area contributed by atoms with Crippen molar-refractivity contribution in [2.24, 2.45) is 0 Å². The molecular formula is C17H20ClN3O4. The molecule has 0 fully saturated rings. The van der Waals surface area contributed by atoms with Crippen LogP contribution in [-0.2, 0) is 20.7 Å². The van der Waals surface area contributed by atoms with Gasteiger partial charge >= 0.3 is 12.1 Å². The predicted octanol–water partition coefficient (Wildman–Crippen LogP) is 2.81. The summed E-state index contributed by atoms with van der Waals surface area (Å²) in [6.45, 7) is 5.20. The van der Waals surface area contributed by atoms with Crippen LogP contribution < -0.4 is 5.32 Å². The third-order valence-electron chi connectivity index (χ3n) is 3.20. The SMILES string of the molecule is CC(C)(C)OC(=O)N[C@H](Cc1ncnc2ccccc12)C(=O)OCCl. The molecule has 1 N–H and O–H groups in total. The van der Waals surface area contributed by atoms with E-state index in [1.54, 1.807) is 20.8 Å². The summed E-state index contributed by atoms with van der Waals surface area (Å²) < 4.78 is 10.0. The molecule has 2 rings (SSSR count). The van der Waals surface area contributed by atoms with Gasteiger partial charge in [-0.15, -0.1) is 0 Å². The Morgan fingerprint density at radius 1 is 1.24 bits per heavy atom. The monoisotopic (exact) mass is 365 g/mol. The molecule has 0 unspecified atom stereocenters. The Bertz CT molecular complexity index is 756. The normalized spacial score (nSPS) is 12.5. The predicted molar refractivity (Wildman–Crippen MR) is 93.2 cm³/mol. The number of alkyl halides is 1. The average molecular weight is 366 g/mol. The topological polar surface area (TPSA) is 90.4 Å². The highest BCUT2D eigenvalue weighted by molar-refractivity contribution is 6.17. The minimum Gasteiger partial charge on any atom is -0.448 e. The molecule has 0 bridgehead atoms. The lowest BCUT2D eigenvalue weighted by Gasteiger charge is -2.22. The van der Waals surface area contributed by atoms with E-state index >= 15 is 0 Å². The Balaban J connectivity index is 2.23. The summed E-state index contributed by atoms with van der Waals surface area (Å²) in [5.41, 5.74) is 0.666. The molecule has 134 valence electrons. The zero-order valence-corrected chi connectivity index (χ0v) is 15.0. The van der Waals surface area contributed by atoms with Crippen LogP contribution in [0.15, 0.2) is 30.6 Å². The van der Waals surface area contributed by atoms with Gasteiger partial charge in [0, 0.05) is 11.8 Å². The van der Waals surface area contributed by atoms with Gasteiger partial charge in [-0.3, -0.25) is 0 Å². The van der Waals surface area contributed by atoms with Crippen LogP contribution in [0.5, 0.6) is 0 Å². The molecule has 1 heterocycles. The highest BCUT2D eigenvalue weighted by Crippen LogP contribution is 2.16. The second kappa shape index (κ2) is 8.11. The number of hydrogen-bond acceptors (Lipinski definition) is 6. The molecule has 0 spiro atoms. The van der Waals surface area contributed by atoms with Crippen LogP contribution in [0, 0.1) is 0 Å². The zero-order chi connectivity index (χ0) is 18.4. The minimum atomic E-state index is -0.980. The van der Waals surface area contributed by atoms with E-state index in [4.69, 9.17) is 21.1 Å². The van der Waals surface area contributed by atoms with Crippen molar-refractivity contribution in [3.05, 3.63) is 36.3 Å². The molecule has 1 amide bonds. The van der Waals surface area contributed by atoms with E-state index in [1.165, 1.54) is 6.33 Å². The Hall–Kier alpha value is -2.41. The highest BCUT2D eigenvalue weighted by Gasteiger charge is 2.27. The number of aromatic nitrogens is 2. The van der Waals surface area contributed by atoms with Crippen LogP contribution in [0.2, 0.25) is 0 Å². The first kappa shape index (κ1) is 18.9. The van der Waals surface area contributed by atoms with Crippen molar-refractivity contribution in [2.45, 2.75) is 38.8 Å². The van der Waals surface area contributed by atoms with Gasteiger partial charge in [-0.05, 0) is 26.8 Å². The Morgan fingerprint density at radius 3 is 2.64 bits per heavy atom. The molecule has 0 saturated carbocycles. The van der Waals surface area contributed by atoms with Gasteiger partial charge in [0.25, 0.3) is 0 Å². The average Bonchev–Trinajstić information content (AvgIpc) is 2.53. The summed E-state index contributed by atoms with van der Waals surface area (Å²) in [5, 5.41) is 3.31. The molecule has 8 heteroatoms. The number of fused-ring (bicyclic) bond motifs is 1. The number of esters is 1. The number of carbonyl (C=O) groups is 2. The van der Waals surface area contributed by atoms with Crippen molar-refractivity contribution in [1.29, 1.82) is 0 Å². The number of para-hydroxylation sites is 1. The fraction of sp³-hybridized carbons (Fsp3) is 0.412. The number of carbonyl (C=O) groups excluding carboxylic acids is 2. The number of alkyl carbamates (subject to hydrolysis) is 1. The number of nitrogens with zero attached hydrogens (tertiary/aromatic N) is 2. The van der Waals surface area contributed by atoms with E-state index in [0.717, 1.165) is 10.9 Å². The van der Waals surface area contributed by atoms with Crippen LogP contribution >= 0.6 is 11.6 Å². The molecule has 0 aliphatic heterocycles. The molecular weight excluding hydrogens is 346 g/mol. The third-order valence-corrected chi connectivity index (χ3v) is 3.30. The van der Waals surface area contributed by atoms with Crippen molar-refractivity contribution < 1.29 is 19.1 Å². The van der Waals surface area contributed by atoms with E-state index in [9.17, 15) is 9.59 Å².